The Morgan fingerprint density at radius 2 is 2.06 bits per heavy atom. The second kappa shape index (κ2) is 6.36. The van der Waals surface area contributed by atoms with E-state index in [1.165, 1.54) is 0 Å². The van der Waals surface area contributed by atoms with Crippen LogP contribution in [-0.4, -0.2) is 40.5 Å². The van der Waals surface area contributed by atoms with E-state index in [-0.39, 0.29) is 5.78 Å². The van der Waals surface area contributed by atoms with Gasteiger partial charge in [-0.25, -0.2) is 0 Å². The molecule has 16 heavy (non-hydrogen) atoms. The van der Waals surface area contributed by atoms with Crippen LogP contribution in [0.5, 0.6) is 0 Å². The number of hydrogen-bond donors (Lipinski definition) is 0. The third kappa shape index (κ3) is 3.20. The van der Waals surface area contributed by atoms with Crippen molar-refractivity contribution in [1.82, 2.24) is 4.90 Å². The summed E-state index contributed by atoms with van der Waals surface area (Å²) in [5.41, 5.74) is 0. The Hall–Kier alpha value is 0.390. The summed E-state index contributed by atoms with van der Waals surface area (Å²) in [7, 11) is -3.07. The van der Waals surface area contributed by atoms with Crippen LogP contribution in [0, 0.1) is 0 Å². The fourth-order valence-corrected chi connectivity index (χ4v) is 4.86. The number of rotatable bonds is 6. The molecule has 4 nitrogen and oxygen atoms in total. The van der Waals surface area contributed by atoms with Gasteiger partial charge in [-0.2, -0.15) is 0 Å². The lowest BCUT2D eigenvalue weighted by atomic mass is 10.6. The second-order valence-corrected chi connectivity index (χ2v) is 7.39. The van der Waals surface area contributed by atoms with E-state index in [2.05, 4.69) is 0 Å². The van der Waals surface area contributed by atoms with E-state index in [0.29, 0.717) is 13.2 Å². The Bertz CT molecular complexity index is 290. The molecule has 0 aromatic heterocycles. The van der Waals surface area contributed by atoms with Gasteiger partial charge in [-0.15, -0.1) is 0 Å². The Morgan fingerprint density at radius 1 is 1.50 bits per heavy atom. The van der Waals surface area contributed by atoms with Gasteiger partial charge in [-0.05, 0) is 20.8 Å². The summed E-state index contributed by atoms with van der Waals surface area (Å²) in [5, 5.41) is 0. The van der Waals surface area contributed by atoms with Gasteiger partial charge < -0.3 is 13.9 Å². The third-order valence-corrected chi connectivity index (χ3v) is 6.21. The molecule has 1 aliphatic heterocycles. The lowest BCUT2D eigenvalue weighted by Gasteiger charge is -2.31. The number of thioether (sulfide) groups is 1. The molecule has 1 atom stereocenters. The van der Waals surface area contributed by atoms with Crippen LogP contribution in [0.15, 0.2) is 0 Å². The highest BCUT2D eigenvalue weighted by Crippen LogP contribution is 2.54. The molecule has 0 aromatic rings. The summed E-state index contributed by atoms with van der Waals surface area (Å²) in [5.74, 6) is 0.649. The van der Waals surface area contributed by atoms with Crippen molar-refractivity contribution in [2.45, 2.75) is 26.6 Å². The average molecular weight is 283 g/mol. The molecule has 1 saturated heterocycles. The van der Waals surface area contributed by atoms with Crippen molar-refractivity contribution in [3.63, 3.8) is 0 Å². The molecule has 0 aromatic carbocycles. The first kappa shape index (κ1) is 14.5. The largest absolute Gasteiger partial charge is 0.352 e. The number of nitrogens with zero attached hydrogens (tertiary/aromatic N) is 1. The molecule has 1 fully saturated rings. The minimum atomic E-state index is -3.07. The van der Waals surface area contributed by atoms with Crippen LogP contribution in [0.1, 0.15) is 20.8 Å². The van der Waals surface area contributed by atoms with Crippen molar-refractivity contribution in [2.24, 2.45) is 0 Å². The van der Waals surface area contributed by atoms with Crippen molar-refractivity contribution < 1.29 is 13.6 Å². The molecular weight excluding hydrogens is 265 g/mol. The first-order valence-corrected chi connectivity index (χ1v) is 8.38. The number of thiocarbonyl (C=S) groups is 1. The second-order valence-electron chi connectivity index (χ2n) is 3.32. The quantitative estimate of drug-likeness (QED) is 0.551. The SMILES string of the molecule is CCOP(=O)(OCC)C(C)N1CCSC1=S. The van der Waals surface area contributed by atoms with Gasteiger partial charge >= 0.3 is 7.60 Å². The van der Waals surface area contributed by atoms with Gasteiger partial charge in [0.1, 0.15) is 10.1 Å². The van der Waals surface area contributed by atoms with Crippen LogP contribution < -0.4 is 0 Å². The summed E-state index contributed by atoms with van der Waals surface area (Å²) in [6.07, 6.45) is 0. The highest BCUT2D eigenvalue weighted by Gasteiger charge is 2.39. The summed E-state index contributed by atoms with van der Waals surface area (Å²) in [6.45, 7) is 7.06. The zero-order valence-corrected chi connectivity index (χ0v) is 12.4. The van der Waals surface area contributed by atoms with Crippen LogP contribution in [0.3, 0.4) is 0 Å². The molecule has 0 spiro atoms. The van der Waals surface area contributed by atoms with Crippen LogP contribution in [0.2, 0.25) is 0 Å². The van der Waals surface area contributed by atoms with Crippen LogP contribution in [0.4, 0.5) is 0 Å². The van der Waals surface area contributed by atoms with Gasteiger partial charge in [0.05, 0.1) is 13.2 Å². The van der Waals surface area contributed by atoms with Crippen LogP contribution >= 0.6 is 31.6 Å². The minimum absolute atomic E-state index is 0.296. The lowest BCUT2D eigenvalue weighted by Crippen LogP contribution is -2.34. The molecule has 1 heterocycles. The summed E-state index contributed by atoms with van der Waals surface area (Å²) in [4.78, 5) is 1.94. The van der Waals surface area contributed by atoms with Crippen molar-refractivity contribution in [3.8, 4) is 0 Å². The molecule has 1 unspecified atom stereocenters. The lowest BCUT2D eigenvalue weighted by molar-refractivity contribution is 0.197. The fourth-order valence-electron chi connectivity index (χ4n) is 1.53. The first-order valence-electron chi connectivity index (χ1n) is 5.37. The molecule has 0 saturated carbocycles. The van der Waals surface area contributed by atoms with Crippen molar-refractivity contribution in [1.29, 1.82) is 0 Å². The minimum Gasteiger partial charge on any atom is -0.342 e. The van der Waals surface area contributed by atoms with Gasteiger partial charge in [0, 0.05) is 12.3 Å². The van der Waals surface area contributed by atoms with Gasteiger partial charge in [-0.3, -0.25) is 4.57 Å². The Morgan fingerprint density at radius 3 is 2.44 bits per heavy atom. The van der Waals surface area contributed by atoms with Crippen LogP contribution in [0.25, 0.3) is 0 Å². The average Bonchev–Trinajstić information content (AvgIpc) is 2.64. The van der Waals surface area contributed by atoms with Gasteiger partial charge in [0.15, 0.2) is 0 Å². The van der Waals surface area contributed by atoms with Gasteiger partial charge in [-0.1, -0.05) is 24.0 Å². The smallest absolute Gasteiger partial charge is 0.342 e. The third-order valence-electron chi connectivity index (χ3n) is 2.32. The monoisotopic (exact) mass is 283 g/mol. The highest BCUT2D eigenvalue weighted by molar-refractivity contribution is 8.23. The Labute approximate surface area is 107 Å². The molecule has 0 N–H and O–H groups in total. The maximum absolute atomic E-state index is 12.5. The van der Waals surface area contributed by atoms with Crippen LogP contribution in [-0.2, 0) is 13.6 Å². The van der Waals surface area contributed by atoms with Crippen molar-refractivity contribution in [2.75, 3.05) is 25.5 Å². The Kier molecular flexibility index (Phi) is 5.74. The van der Waals surface area contributed by atoms with E-state index in [1.54, 1.807) is 11.8 Å². The molecule has 0 radical (unpaired) electrons. The van der Waals surface area contributed by atoms with E-state index in [9.17, 15) is 4.57 Å². The topological polar surface area (TPSA) is 38.8 Å². The molecule has 94 valence electrons. The molecule has 7 heteroatoms. The Balaban J connectivity index is 2.77. The summed E-state index contributed by atoms with van der Waals surface area (Å²) in [6, 6.07) is 0. The fraction of sp³-hybridized carbons (Fsp3) is 0.889. The highest BCUT2D eigenvalue weighted by atomic mass is 32.2. The van der Waals surface area contributed by atoms with Gasteiger partial charge in [0.25, 0.3) is 0 Å². The summed E-state index contributed by atoms with van der Waals surface area (Å²) >= 11 is 6.82. The molecule has 1 aliphatic rings. The van der Waals surface area contributed by atoms with E-state index < -0.39 is 7.60 Å². The van der Waals surface area contributed by atoms with E-state index in [4.69, 9.17) is 21.3 Å². The molecule has 0 bridgehead atoms. The molecular formula is C9H18NO3PS2. The molecule has 1 rings (SSSR count). The molecule has 0 aliphatic carbocycles. The van der Waals surface area contributed by atoms with E-state index in [0.717, 1.165) is 16.6 Å². The predicted octanol–water partition coefficient (Wildman–Crippen LogP) is 2.93. The molecule has 0 amide bonds. The number of hydrogen-bond acceptors (Lipinski definition) is 5. The van der Waals surface area contributed by atoms with Gasteiger partial charge in [0.2, 0.25) is 0 Å². The van der Waals surface area contributed by atoms with E-state index >= 15 is 0 Å². The summed E-state index contributed by atoms with van der Waals surface area (Å²) < 4.78 is 23.9. The first-order chi connectivity index (χ1) is 7.55. The zero-order chi connectivity index (χ0) is 12.2. The van der Waals surface area contributed by atoms with E-state index in [1.807, 2.05) is 25.7 Å². The maximum Gasteiger partial charge on any atom is 0.352 e. The predicted molar refractivity (Wildman–Crippen MR) is 72.1 cm³/mol. The zero-order valence-electron chi connectivity index (χ0n) is 9.84. The normalized spacial score (nSPS) is 19.2. The van der Waals surface area contributed by atoms with Crippen molar-refractivity contribution >= 4 is 35.9 Å². The van der Waals surface area contributed by atoms with Crippen molar-refractivity contribution in [3.05, 3.63) is 0 Å². The maximum atomic E-state index is 12.5. The standard InChI is InChI=1S/C9H18NO3PS2/c1-4-12-14(11,13-5-2)8(3)10-6-7-16-9(10)15/h8H,4-7H2,1-3H3.